The van der Waals surface area contributed by atoms with Crippen molar-refractivity contribution in [1.29, 1.82) is 5.26 Å². The second-order valence-electron chi connectivity index (χ2n) is 6.37. The number of nitriles is 1. The van der Waals surface area contributed by atoms with Crippen molar-refractivity contribution in [3.63, 3.8) is 0 Å². The number of carbonyl (C=O) groups excluding carboxylic acids is 2. The van der Waals surface area contributed by atoms with Gasteiger partial charge in [0.1, 0.15) is 23.2 Å². The molecule has 0 unspecified atom stereocenters. The third-order valence-corrected chi connectivity index (χ3v) is 4.13. The number of ketones is 2. The lowest BCUT2D eigenvalue weighted by Gasteiger charge is -2.40. The second kappa shape index (κ2) is 4.20. The van der Waals surface area contributed by atoms with Crippen molar-refractivity contribution in [2.24, 2.45) is 16.6 Å². The summed E-state index contributed by atoms with van der Waals surface area (Å²) in [6.07, 6.45) is 0.854. The molecular formula is C15H18N2O3. The van der Waals surface area contributed by atoms with Crippen LogP contribution in [-0.2, 0) is 14.3 Å². The van der Waals surface area contributed by atoms with Crippen molar-refractivity contribution < 1.29 is 14.3 Å². The van der Waals surface area contributed by atoms with E-state index in [1.54, 1.807) is 6.92 Å². The minimum Gasteiger partial charge on any atom is -0.444 e. The lowest BCUT2D eigenvalue weighted by atomic mass is 9.64. The Kier molecular flexibility index (Phi) is 3.01. The molecule has 0 aromatic rings. The van der Waals surface area contributed by atoms with Gasteiger partial charge in [0.05, 0.1) is 11.0 Å². The van der Waals surface area contributed by atoms with Crippen molar-refractivity contribution in [2.45, 2.75) is 40.5 Å². The van der Waals surface area contributed by atoms with Gasteiger partial charge < -0.3 is 10.5 Å². The molecule has 0 bridgehead atoms. The minimum atomic E-state index is -1.29. The fourth-order valence-corrected chi connectivity index (χ4v) is 2.98. The van der Waals surface area contributed by atoms with Crippen LogP contribution in [0, 0.1) is 22.2 Å². The Morgan fingerprint density at radius 2 is 1.95 bits per heavy atom. The number of ether oxygens (including phenoxy) is 1. The van der Waals surface area contributed by atoms with E-state index < -0.39 is 5.41 Å². The van der Waals surface area contributed by atoms with Gasteiger partial charge in [-0.2, -0.15) is 5.26 Å². The lowest BCUT2D eigenvalue weighted by molar-refractivity contribution is -0.127. The highest BCUT2D eigenvalue weighted by molar-refractivity contribution is 6.07. The maximum atomic E-state index is 12.5. The maximum Gasteiger partial charge on any atom is 0.205 e. The molecule has 0 aromatic heterocycles. The van der Waals surface area contributed by atoms with Crippen LogP contribution in [0.1, 0.15) is 40.5 Å². The number of nitrogens with zero attached hydrogens (tertiary/aromatic N) is 1. The smallest absolute Gasteiger partial charge is 0.205 e. The molecule has 5 heteroatoms. The van der Waals surface area contributed by atoms with Crippen LogP contribution in [-0.4, -0.2) is 11.6 Å². The Morgan fingerprint density at radius 1 is 1.35 bits per heavy atom. The minimum absolute atomic E-state index is 0.0248. The number of Topliss-reactive ketones (excluding diaryl/α,β-unsaturated/α-hetero) is 2. The first-order valence-corrected chi connectivity index (χ1v) is 6.49. The van der Waals surface area contributed by atoms with E-state index in [4.69, 9.17) is 10.5 Å². The Balaban J connectivity index is 2.70. The van der Waals surface area contributed by atoms with Crippen molar-refractivity contribution >= 4 is 11.6 Å². The van der Waals surface area contributed by atoms with Crippen molar-refractivity contribution in [3.8, 4) is 6.07 Å². The lowest BCUT2D eigenvalue weighted by Crippen LogP contribution is -2.43. The summed E-state index contributed by atoms with van der Waals surface area (Å²) in [6.45, 7) is 6.87. The molecule has 20 heavy (non-hydrogen) atoms. The van der Waals surface area contributed by atoms with Crippen LogP contribution < -0.4 is 5.73 Å². The van der Waals surface area contributed by atoms with Gasteiger partial charge in [0, 0.05) is 12.8 Å². The van der Waals surface area contributed by atoms with Gasteiger partial charge in [-0.1, -0.05) is 13.8 Å². The standard InChI is InChI=1S/C15H18N2O3/c1-8(18)15(4)9(7-16)13(17)20-11-6-14(2,3)5-10(19)12(11)15/h5-6,17H2,1-4H3/t15-/m0/s1. The Morgan fingerprint density at radius 3 is 2.45 bits per heavy atom. The first kappa shape index (κ1) is 14.3. The van der Waals surface area contributed by atoms with E-state index in [1.807, 2.05) is 19.9 Å². The van der Waals surface area contributed by atoms with E-state index >= 15 is 0 Å². The summed E-state index contributed by atoms with van der Waals surface area (Å²) >= 11 is 0. The largest absolute Gasteiger partial charge is 0.444 e. The SMILES string of the molecule is CC(=O)[C@@]1(C)C(C#N)=C(N)OC2=C1C(=O)CC(C)(C)C2. The van der Waals surface area contributed by atoms with Crippen LogP contribution in [0.2, 0.25) is 0 Å². The molecule has 0 saturated heterocycles. The fourth-order valence-electron chi connectivity index (χ4n) is 2.98. The van der Waals surface area contributed by atoms with Crippen LogP contribution in [0.15, 0.2) is 22.8 Å². The maximum absolute atomic E-state index is 12.5. The van der Waals surface area contributed by atoms with E-state index in [9.17, 15) is 14.9 Å². The van der Waals surface area contributed by atoms with Crippen LogP contribution in [0.25, 0.3) is 0 Å². The zero-order valence-electron chi connectivity index (χ0n) is 12.2. The van der Waals surface area contributed by atoms with Gasteiger partial charge >= 0.3 is 0 Å². The number of hydrogen-bond acceptors (Lipinski definition) is 5. The van der Waals surface area contributed by atoms with Gasteiger partial charge in [-0.3, -0.25) is 9.59 Å². The van der Waals surface area contributed by atoms with Gasteiger partial charge in [-0.15, -0.1) is 0 Å². The highest BCUT2D eigenvalue weighted by Crippen LogP contribution is 2.50. The molecule has 106 valence electrons. The summed E-state index contributed by atoms with van der Waals surface area (Å²) in [6, 6.07) is 1.92. The van der Waals surface area contributed by atoms with E-state index in [0.29, 0.717) is 24.2 Å². The Labute approximate surface area is 118 Å². The fraction of sp³-hybridized carbons (Fsp3) is 0.533. The van der Waals surface area contributed by atoms with E-state index in [1.165, 1.54) is 6.92 Å². The molecule has 1 aliphatic carbocycles. The number of nitrogens with two attached hydrogens (primary N) is 1. The van der Waals surface area contributed by atoms with E-state index in [-0.39, 0.29) is 28.4 Å². The highest BCUT2D eigenvalue weighted by Gasteiger charge is 2.51. The summed E-state index contributed by atoms with van der Waals surface area (Å²) in [5.74, 6) is -0.0649. The zero-order chi connectivity index (χ0) is 15.3. The predicted octanol–water partition coefficient (Wildman–Crippen LogP) is 1.95. The monoisotopic (exact) mass is 274 g/mol. The number of allylic oxidation sites excluding steroid dienone is 3. The molecule has 0 fully saturated rings. The predicted molar refractivity (Wildman–Crippen MR) is 71.7 cm³/mol. The molecule has 1 atom stereocenters. The topological polar surface area (TPSA) is 93.2 Å². The molecule has 2 rings (SSSR count). The van der Waals surface area contributed by atoms with Crippen molar-refractivity contribution in [2.75, 3.05) is 0 Å². The normalized spacial score (nSPS) is 28.6. The van der Waals surface area contributed by atoms with Crippen LogP contribution in [0.5, 0.6) is 0 Å². The molecule has 0 amide bonds. The molecule has 2 N–H and O–H groups in total. The molecule has 2 aliphatic rings. The summed E-state index contributed by atoms with van der Waals surface area (Å²) in [7, 11) is 0. The Bertz CT molecular complexity index is 620. The van der Waals surface area contributed by atoms with Gasteiger partial charge in [-0.05, 0) is 19.3 Å². The third kappa shape index (κ3) is 1.83. The van der Waals surface area contributed by atoms with Crippen LogP contribution in [0.4, 0.5) is 0 Å². The van der Waals surface area contributed by atoms with Crippen LogP contribution >= 0.6 is 0 Å². The van der Waals surface area contributed by atoms with E-state index in [0.717, 1.165) is 0 Å². The van der Waals surface area contributed by atoms with Crippen molar-refractivity contribution in [3.05, 3.63) is 22.8 Å². The van der Waals surface area contributed by atoms with Crippen molar-refractivity contribution in [1.82, 2.24) is 0 Å². The molecule has 1 aliphatic heterocycles. The summed E-state index contributed by atoms with van der Waals surface area (Å²) < 4.78 is 5.49. The van der Waals surface area contributed by atoms with Gasteiger partial charge in [0.25, 0.3) is 0 Å². The van der Waals surface area contributed by atoms with E-state index in [2.05, 4.69) is 0 Å². The quantitative estimate of drug-likeness (QED) is 0.788. The second-order valence-corrected chi connectivity index (χ2v) is 6.37. The first-order valence-electron chi connectivity index (χ1n) is 6.49. The zero-order valence-corrected chi connectivity index (χ0v) is 12.2. The number of hydrogen-bond donors (Lipinski definition) is 1. The molecule has 0 spiro atoms. The molecule has 0 radical (unpaired) electrons. The van der Waals surface area contributed by atoms with Gasteiger partial charge in [-0.25, -0.2) is 0 Å². The molecule has 1 heterocycles. The average Bonchev–Trinajstić information content (AvgIpc) is 2.25. The molecular weight excluding hydrogens is 256 g/mol. The third-order valence-electron chi connectivity index (χ3n) is 4.13. The molecule has 0 aromatic carbocycles. The molecule has 5 nitrogen and oxygen atoms in total. The average molecular weight is 274 g/mol. The summed E-state index contributed by atoms with van der Waals surface area (Å²) in [4.78, 5) is 24.6. The molecule has 0 saturated carbocycles. The summed E-state index contributed by atoms with van der Waals surface area (Å²) in [5, 5.41) is 9.27. The first-order chi connectivity index (χ1) is 9.13. The van der Waals surface area contributed by atoms with Gasteiger partial charge in [0.2, 0.25) is 5.88 Å². The number of rotatable bonds is 1. The van der Waals surface area contributed by atoms with Gasteiger partial charge in [0.15, 0.2) is 5.78 Å². The summed E-state index contributed by atoms with van der Waals surface area (Å²) in [5.41, 5.74) is 4.58. The number of carbonyl (C=O) groups is 2. The highest BCUT2D eigenvalue weighted by atomic mass is 16.5. The van der Waals surface area contributed by atoms with Crippen LogP contribution in [0.3, 0.4) is 0 Å². The Hall–Kier alpha value is -2.09.